The topological polar surface area (TPSA) is 150 Å². The van der Waals surface area contributed by atoms with Gasteiger partial charge in [0.1, 0.15) is 0 Å². The average molecular weight is 436 g/mol. The van der Waals surface area contributed by atoms with Crippen LogP contribution in [0.3, 0.4) is 0 Å². The molecule has 2 aromatic heterocycles. The van der Waals surface area contributed by atoms with Gasteiger partial charge in [0, 0.05) is 17.5 Å². The summed E-state index contributed by atoms with van der Waals surface area (Å²) in [5.74, 6) is -0.101. The van der Waals surface area contributed by atoms with Crippen LogP contribution in [0.5, 0.6) is 0 Å². The van der Waals surface area contributed by atoms with Crippen LogP contribution in [0.1, 0.15) is 67.9 Å². The van der Waals surface area contributed by atoms with Gasteiger partial charge >= 0.3 is 0 Å². The summed E-state index contributed by atoms with van der Waals surface area (Å²) in [6, 6.07) is 6.51. The second-order valence-corrected chi connectivity index (χ2v) is 8.79. The van der Waals surface area contributed by atoms with Crippen LogP contribution < -0.4 is 22.1 Å². The molecule has 2 aliphatic carbocycles. The van der Waals surface area contributed by atoms with Gasteiger partial charge in [-0.05, 0) is 37.8 Å². The third-order valence-corrected chi connectivity index (χ3v) is 6.62. The lowest BCUT2D eigenvalue weighted by Gasteiger charge is -2.29. The van der Waals surface area contributed by atoms with Crippen molar-refractivity contribution in [2.75, 3.05) is 10.6 Å². The van der Waals surface area contributed by atoms with Crippen molar-refractivity contribution in [2.45, 2.75) is 69.5 Å². The van der Waals surface area contributed by atoms with Crippen LogP contribution in [0.15, 0.2) is 24.4 Å². The van der Waals surface area contributed by atoms with Gasteiger partial charge in [-0.1, -0.05) is 31.7 Å². The van der Waals surface area contributed by atoms with E-state index in [0.717, 1.165) is 55.1 Å². The zero-order valence-electron chi connectivity index (χ0n) is 18.0. The Morgan fingerprint density at radius 1 is 1.06 bits per heavy atom. The standard InChI is InChI=1S/C22H29N9O/c23-15-8-3-4-9-17(15)27-22-28-21(19(20(24)32)29-30-22)26-16-10-5-11-18-14(16)12-25-31(18)13-6-1-2-7-13/h5,10-13,15,17H,1-4,6-9,23H2,(H2,24,32)(H2,26,27,28,30)/t15-,17+/m0/s1. The van der Waals surface area contributed by atoms with Gasteiger partial charge in [0.05, 0.1) is 23.4 Å². The van der Waals surface area contributed by atoms with E-state index in [0.29, 0.717) is 12.0 Å². The highest BCUT2D eigenvalue weighted by atomic mass is 16.1. The van der Waals surface area contributed by atoms with Gasteiger partial charge in [0.25, 0.3) is 5.91 Å². The SMILES string of the molecule is NC(=O)c1nnc(N[C@@H]2CCCC[C@@H]2N)nc1Nc1cccc2c1cnn2C1CCCC1. The van der Waals surface area contributed by atoms with Crippen LogP contribution in [0.2, 0.25) is 0 Å². The van der Waals surface area contributed by atoms with E-state index in [4.69, 9.17) is 11.5 Å². The lowest BCUT2D eigenvalue weighted by Crippen LogP contribution is -2.43. The number of primary amides is 1. The van der Waals surface area contributed by atoms with Crippen molar-refractivity contribution in [3.63, 3.8) is 0 Å². The Labute approximate surface area is 186 Å². The number of amides is 1. The summed E-state index contributed by atoms with van der Waals surface area (Å²) in [6.07, 6.45) is 10.8. The molecule has 0 bridgehead atoms. The second kappa shape index (κ2) is 8.70. The quantitative estimate of drug-likeness (QED) is 0.462. The molecular formula is C22H29N9O. The van der Waals surface area contributed by atoms with Gasteiger partial charge in [-0.3, -0.25) is 9.48 Å². The fraction of sp³-hybridized carbons (Fsp3) is 0.500. The number of rotatable bonds is 6. The molecule has 0 spiro atoms. The predicted molar refractivity (Wildman–Crippen MR) is 123 cm³/mol. The molecule has 2 saturated carbocycles. The lowest BCUT2D eigenvalue weighted by molar-refractivity contribution is 0.0995. The number of hydrogen-bond acceptors (Lipinski definition) is 8. The number of hydrogen-bond donors (Lipinski definition) is 4. The summed E-state index contributed by atoms with van der Waals surface area (Å²) >= 11 is 0. The molecule has 2 atom stereocenters. The normalized spacial score (nSPS) is 21.7. The number of nitrogens with one attached hydrogen (secondary N) is 2. The Morgan fingerprint density at radius 3 is 2.62 bits per heavy atom. The molecule has 2 heterocycles. The van der Waals surface area contributed by atoms with Crippen LogP contribution in [0.4, 0.5) is 17.5 Å². The maximum atomic E-state index is 12.0. The van der Waals surface area contributed by atoms with E-state index < -0.39 is 5.91 Å². The summed E-state index contributed by atoms with van der Waals surface area (Å²) in [5.41, 5.74) is 13.6. The molecule has 3 aromatic rings. The minimum atomic E-state index is -0.692. The molecule has 0 aliphatic heterocycles. The van der Waals surface area contributed by atoms with Crippen molar-refractivity contribution in [2.24, 2.45) is 11.5 Å². The fourth-order valence-corrected chi connectivity index (χ4v) is 4.89. The molecule has 1 aromatic carbocycles. The highest BCUT2D eigenvalue weighted by molar-refractivity contribution is 5.98. The minimum Gasteiger partial charge on any atom is -0.364 e. The van der Waals surface area contributed by atoms with E-state index in [1.165, 1.54) is 12.8 Å². The van der Waals surface area contributed by atoms with Crippen LogP contribution in [0, 0.1) is 0 Å². The van der Waals surface area contributed by atoms with Crippen molar-refractivity contribution in [1.82, 2.24) is 25.0 Å². The zero-order chi connectivity index (χ0) is 22.1. The van der Waals surface area contributed by atoms with Gasteiger partial charge in [-0.15, -0.1) is 10.2 Å². The van der Waals surface area contributed by atoms with Crippen molar-refractivity contribution >= 4 is 34.3 Å². The number of carbonyl (C=O) groups excluding carboxylic acids is 1. The van der Waals surface area contributed by atoms with Crippen LogP contribution >= 0.6 is 0 Å². The first-order valence-corrected chi connectivity index (χ1v) is 11.4. The molecule has 1 amide bonds. The largest absolute Gasteiger partial charge is 0.364 e. The molecule has 5 rings (SSSR count). The van der Waals surface area contributed by atoms with Crippen molar-refractivity contribution in [3.8, 4) is 0 Å². The maximum Gasteiger partial charge on any atom is 0.273 e. The number of benzene rings is 1. The summed E-state index contributed by atoms with van der Waals surface area (Å²) in [4.78, 5) is 16.5. The zero-order valence-corrected chi connectivity index (χ0v) is 18.0. The van der Waals surface area contributed by atoms with Gasteiger partial charge in [-0.2, -0.15) is 10.1 Å². The first kappa shape index (κ1) is 20.6. The molecule has 10 nitrogen and oxygen atoms in total. The Morgan fingerprint density at radius 2 is 1.84 bits per heavy atom. The van der Waals surface area contributed by atoms with E-state index >= 15 is 0 Å². The molecule has 0 radical (unpaired) electrons. The average Bonchev–Trinajstić information content (AvgIpc) is 3.45. The van der Waals surface area contributed by atoms with E-state index in [1.807, 2.05) is 18.3 Å². The molecule has 32 heavy (non-hydrogen) atoms. The van der Waals surface area contributed by atoms with Crippen molar-refractivity contribution in [1.29, 1.82) is 0 Å². The summed E-state index contributed by atoms with van der Waals surface area (Å²) < 4.78 is 2.11. The molecule has 168 valence electrons. The first-order chi connectivity index (χ1) is 15.6. The molecule has 0 unspecified atom stereocenters. The predicted octanol–water partition coefficient (Wildman–Crippen LogP) is 2.86. The third-order valence-electron chi connectivity index (χ3n) is 6.62. The smallest absolute Gasteiger partial charge is 0.273 e. The van der Waals surface area contributed by atoms with Crippen LogP contribution in [-0.4, -0.2) is 43.0 Å². The molecule has 10 heteroatoms. The summed E-state index contributed by atoms with van der Waals surface area (Å²) in [5, 5.41) is 20.2. The number of nitrogens with zero attached hydrogens (tertiary/aromatic N) is 5. The molecular weight excluding hydrogens is 406 g/mol. The van der Waals surface area contributed by atoms with Crippen molar-refractivity contribution in [3.05, 3.63) is 30.1 Å². The molecule has 0 saturated heterocycles. The molecule has 2 fully saturated rings. The molecule has 6 N–H and O–H groups in total. The Bertz CT molecular complexity index is 1120. The third kappa shape index (κ3) is 3.97. The number of nitrogens with two attached hydrogens (primary N) is 2. The van der Waals surface area contributed by atoms with E-state index in [9.17, 15) is 4.79 Å². The number of anilines is 3. The Balaban J connectivity index is 1.46. The highest BCUT2D eigenvalue weighted by Gasteiger charge is 2.24. The van der Waals surface area contributed by atoms with Crippen molar-refractivity contribution < 1.29 is 4.79 Å². The number of aromatic nitrogens is 5. The van der Waals surface area contributed by atoms with Gasteiger partial charge in [0.2, 0.25) is 5.95 Å². The second-order valence-electron chi connectivity index (χ2n) is 8.79. The van der Waals surface area contributed by atoms with E-state index in [2.05, 4.69) is 41.7 Å². The van der Waals surface area contributed by atoms with Gasteiger partial charge in [-0.25, -0.2) is 0 Å². The highest BCUT2D eigenvalue weighted by Crippen LogP contribution is 2.34. The van der Waals surface area contributed by atoms with E-state index in [1.54, 1.807) is 0 Å². The van der Waals surface area contributed by atoms with E-state index in [-0.39, 0.29) is 23.6 Å². The summed E-state index contributed by atoms with van der Waals surface area (Å²) in [7, 11) is 0. The van der Waals surface area contributed by atoms with Gasteiger partial charge < -0.3 is 22.1 Å². The Hall–Kier alpha value is -3.27. The maximum absolute atomic E-state index is 12.0. The van der Waals surface area contributed by atoms with Crippen LogP contribution in [-0.2, 0) is 0 Å². The minimum absolute atomic E-state index is 0.0105. The Kier molecular flexibility index (Phi) is 5.60. The lowest BCUT2D eigenvalue weighted by atomic mass is 9.91. The summed E-state index contributed by atoms with van der Waals surface area (Å²) in [6.45, 7) is 0. The van der Waals surface area contributed by atoms with Gasteiger partial charge in [0.15, 0.2) is 11.5 Å². The molecule has 2 aliphatic rings. The fourth-order valence-electron chi connectivity index (χ4n) is 4.89. The monoisotopic (exact) mass is 435 g/mol. The van der Waals surface area contributed by atoms with Crippen LogP contribution in [0.25, 0.3) is 10.9 Å². The first-order valence-electron chi connectivity index (χ1n) is 11.4. The number of carbonyl (C=O) groups is 1. The number of fused-ring (bicyclic) bond motifs is 1.